The molecule has 94 valence electrons. The maximum absolute atomic E-state index is 11.1. The number of ether oxygens (including phenoxy) is 1. The molecule has 0 spiro atoms. The van der Waals surface area contributed by atoms with Crippen LogP contribution in [0.2, 0.25) is 5.02 Å². The molecule has 5 heteroatoms. The first-order valence-electron chi connectivity index (χ1n) is 6.04. The summed E-state index contributed by atoms with van der Waals surface area (Å²) in [5.74, 6) is 0. The highest BCUT2D eigenvalue weighted by Gasteiger charge is 2.19. The van der Waals surface area contributed by atoms with Crippen LogP contribution in [0.1, 0.15) is 35.8 Å². The second-order valence-corrected chi connectivity index (χ2v) is 4.83. The van der Waals surface area contributed by atoms with Crippen LogP contribution in [0.15, 0.2) is 18.3 Å². The number of carbonyl (C=O) groups excluding carboxylic acids is 1. The van der Waals surface area contributed by atoms with Gasteiger partial charge >= 0.3 is 0 Å². The number of halogens is 1. The molecule has 3 rings (SSSR count). The fourth-order valence-electron chi connectivity index (χ4n) is 2.38. The molecule has 0 radical (unpaired) electrons. The molecular formula is C13H13ClN2O2. The van der Waals surface area contributed by atoms with Gasteiger partial charge in [0.25, 0.3) is 0 Å². The standard InChI is InChI=1S/C13H13ClN2O2/c14-11-4-5-12-9(10(11)8-17)7-15-16(12)13-3-1-2-6-18-13/h4-5,7-8,13H,1-3,6H2. The molecule has 1 atom stereocenters. The summed E-state index contributed by atoms with van der Waals surface area (Å²) in [6.45, 7) is 0.764. The van der Waals surface area contributed by atoms with Crippen LogP contribution in [-0.4, -0.2) is 22.7 Å². The highest BCUT2D eigenvalue weighted by Crippen LogP contribution is 2.29. The molecule has 18 heavy (non-hydrogen) atoms. The van der Waals surface area contributed by atoms with E-state index in [1.165, 1.54) is 0 Å². The number of hydrogen-bond acceptors (Lipinski definition) is 3. The van der Waals surface area contributed by atoms with Gasteiger partial charge in [0.15, 0.2) is 12.5 Å². The van der Waals surface area contributed by atoms with E-state index in [2.05, 4.69) is 5.10 Å². The second-order valence-electron chi connectivity index (χ2n) is 4.42. The van der Waals surface area contributed by atoms with Crippen LogP contribution in [-0.2, 0) is 4.74 Å². The van der Waals surface area contributed by atoms with Gasteiger partial charge in [-0.2, -0.15) is 5.10 Å². The van der Waals surface area contributed by atoms with Gasteiger partial charge in [-0.3, -0.25) is 4.79 Å². The molecule has 1 aliphatic rings. The van der Waals surface area contributed by atoms with Crippen LogP contribution in [0, 0.1) is 0 Å². The fraction of sp³-hybridized carbons (Fsp3) is 0.385. The van der Waals surface area contributed by atoms with Crippen molar-refractivity contribution in [3.8, 4) is 0 Å². The van der Waals surface area contributed by atoms with E-state index in [0.717, 1.165) is 43.1 Å². The molecule has 0 bridgehead atoms. The van der Waals surface area contributed by atoms with Gasteiger partial charge in [0.05, 0.1) is 16.7 Å². The molecule has 0 saturated carbocycles. The smallest absolute Gasteiger partial charge is 0.152 e. The summed E-state index contributed by atoms with van der Waals surface area (Å²) < 4.78 is 7.56. The number of carbonyl (C=O) groups is 1. The van der Waals surface area contributed by atoms with E-state index >= 15 is 0 Å². The van der Waals surface area contributed by atoms with Gasteiger partial charge in [-0.25, -0.2) is 4.68 Å². The summed E-state index contributed by atoms with van der Waals surface area (Å²) in [5, 5.41) is 5.59. The summed E-state index contributed by atoms with van der Waals surface area (Å²) >= 11 is 6.00. The zero-order chi connectivity index (χ0) is 12.5. The minimum atomic E-state index is -0.0306. The van der Waals surface area contributed by atoms with Crippen molar-refractivity contribution >= 4 is 28.8 Å². The van der Waals surface area contributed by atoms with Crippen LogP contribution in [0.25, 0.3) is 10.9 Å². The average molecular weight is 265 g/mol. The monoisotopic (exact) mass is 264 g/mol. The maximum Gasteiger partial charge on any atom is 0.152 e. The van der Waals surface area contributed by atoms with E-state index in [4.69, 9.17) is 16.3 Å². The Balaban J connectivity index is 2.11. The quantitative estimate of drug-likeness (QED) is 0.783. The number of rotatable bonds is 2. The third-order valence-electron chi connectivity index (χ3n) is 3.32. The van der Waals surface area contributed by atoms with E-state index in [1.54, 1.807) is 12.3 Å². The molecule has 1 fully saturated rings. The van der Waals surface area contributed by atoms with E-state index in [9.17, 15) is 4.79 Å². The molecule has 0 amide bonds. The molecule has 1 unspecified atom stereocenters. The van der Waals surface area contributed by atoms with E-state index in [0.29, 0.717) is 10.6 Å². The van der Waals surface area contributed by atoms with Gasteiger partial charge in [0.2, 0.25) is 0 Å². The van der Waals surface area contributed by atoms with Crippen molar-refractivity contribution in [1.29, 1.82) is 0 Å². The average Bonchev–Trinajstić information content (AvgIpc) is 2.83. The molecular weight excluding hydrogens is 252 g/mol. The van der Waals surface area contributed by atoms with Gasteiger partial charge in [-0.1, -0.05) is 11.6 Å². The number of benzene rings is 1. The number of aromatic nitrogens is 2. The first-order chi connectivity index (χ1) is 8.81. The van der Waals surface area contributed by atoms with Crippen molar-refractivity contribution in [2.75, 3.05) is 6.61 Å². The second kappa shape index (κ2) is 4.71. The largest absolute Gasteiger partial charge is 0.356 e. The molecule has 1 saturated heterocycles. The number of fused-ring (bicyclic) bond motifs is 1. The van der Waals surface area contributed by atoms with Crippen LogP contribution in [0.4, 0.5) is 0 Å². The predicted octanol–water partition coefficient (Wildman–Crippen LogP) is 3.20. The van der Waals surface area contributed by atoms with Crippen LogP contribution < -0.4 is 0 Å². The van der Waals surface area contributed by atoms with E-state index in [-0.39, 0.29) is 6.23 Å². The Morgan fingerprint density at radius 3 is 3.06 bits per heavy atom. The third-order valence-corrected chi connectivity index (χ3v) is 3.64. The molecule has 1 aromatic carbocycles. The molecule has 4 nitrogen and oxygen atoms in total. The lowest BCUT2D eigenvalue weighted by molar-refractivity contribution is -0.0366. The Morgan fingerprint density at radius 2 is 2.33 bits per heavy atom. The van der Waals surface area contributed by atoms with Gasteiger partial charge in [0, 0.05) is 17.6 Å². The summed E-state index contributed by atoms with van der Waals surface area (Å²) in [4.78, 5) is 11.1. The molecule has 0 N–H and O–H groups in total. The van der Waals surface area contributed by atoms with Crippen LogP contribution in [0.5, 0.6) is 0 Å². The van der Waals surface area contributed by atoms with Gasteiger partial charge < -0.3 is 4.74 Å². The number of aldehydes is 1. The van der Waals surface area contributed by atoms with Crippen molar-refractivity contribution in [3.05, 3.63) is 28.9 Å². The van der Waals surface area contributed by atoms with Crippen molar-refractivity contribution in [1.82, 2.24) is 9.78 Å². The summed E-state index contributed by atoms with van der Waals surface area (Å²) in [7, 11) is 0. The van der Waals surface area contributed by atoms with E-state index in [1.807, 2.05) is 10.7 Å². The summed E-state index contributed by atoms with van der Waals surface area (Å²) in [6, 6.07) is 3.62. The minimum absolute atomic E-state index is 0.0306. The highest BCUT2D eigenvalue weighted by atomic mass is 35.5. The first-order valence-corrected chi connectivity index (χ1v) is 6.41. The van der Waals surface area contributed by atoms with Crippen LogP contribution >= 0.6 is 11.6 Å². The van der Waals surface area contributed by atoms with Gasteiger partial charge in [0.1, 0.15) is 0 Å². The molecule has 1 aromatic heterocycles. The Morgan fingerprint density at radius 1 is 1.44 bits per heavy atom. The van der Waals surface area contributed by atoms with E-state index < -0.39 is 0 Å². The summed E-state index contributed by atoms with van der Waals surface area (Å²) in [6.07, 6.45) is 5.62. The lowest BCUT2D eigenvalue weighted by Gasteiger charge is -2.23. The lowest BCUT2D eigenvalue weighted by atomic mass is 10.1. The van der Waals surface area contributed by atoms with Crippen LogP contribution in [0.3, 0.4) is 0 Å². The molecule has 1 aliphatic heterocycles. The molecule has 0 aliphatic carbocycles. The minimum Gasteiger partial charge on any atom is -0.356 e. The Kier molecular flexibility index (Phi) is 3.06. The normalized spacial score (nSPS) is 20.2. The summed E-state index contributed by atoms with van der Waals surface area (Å²) in [5.41, 5.74) is 1.39. The maximum atomic E-state index is 11.1. The predicted molar refractivity (Wildman–Crippen MR) is 69.0 cm³/mol. The topological polar surface area (TPSA) is 44.1 Å². The Bertz CT molecular complexity index is 588. The van der Waals surface area contributed by atoms with Crippen molar-refractivity contribution in [2.24, 2.45) is 0 Å². The molecule has 2 heterocycles. The zero-order valence-electron chi connectivity index (χ0n) is 9.80. The third kappa shape index (κ3) is 1.82. The number of hydrogen-bond donors (Lipinski definition) is 0. The van der Waals surface area contributed by atoms with Gasteiger partial charge in [-0.15, -0.1) is 0 Å². The first kappa shape index (κ1) is 11.7. The highest BCUT2D eigenvalue weighted by molar-refractivity contribution is 6.34. The Hall–Kier alpha value is -1.39. The fourth-order valence-corrected chi connectivity index (χ4v) is 2.59. The zero-order valence-corrected chi connectivity index (χ0v) is 10.6. The van der Waals surface area contributed by atoms with Crippen molar-refractivity contribution in [3.63, 3.8) is 0 Å². The SMILES string of the molecule is O=Cc1c(Cl)ccc2c1cnn2C1CCCCO1. The number of nitrogens with zero attached hydrogens (tertiary/aromatic N) is 2. The molecule has 2 aromatic rings. The van der Waals surface area contributed by atoms with Gasteiger partial charge in [-0.05, 0) is 31.4 Å². The van der Waals surface area contributed by atoms with Crippen molar-refractivity contribution < 1.29 is 9.53 Å². The Labute approximate surface area is 109 Å². The van der Waals surface area contributed by atoms with Crippen molar-refractivity contribution in [2.45, 2.75) is 25.5 Å². The lowest BCUT2D eigenvalue weighted by Crippen LogP contribution is -2.18.